The molecule has 0 aromatic rings. The minimum absolute atomic E-state index is 0.0110. The van der Waals surface area contributed by atoms with Crippen LogP contribution < -0.4 is 5.32 Å². The van der Waals surface area contributed by atoms with Crippen molar-refractivity contribution in [3.63, 3.8) is 0 Å². The lowest BCUT2D eigenvalue weighted by Crippen LogP contribution is -2.49. The highest BCUT2D eigenvalue weighted by molar-refractivity contribution is 5.76. The van der Waals surface area contributed by atoms with Gasteiger partial charge < -0.3 is 15.3 Å². The first-order chi connectivity index (χ1) is 8.93. The molecule has 110 valence electrons. The number of nitrogens with zero attached hydrogens (tertiary/aromatic N) is 1. The third-order valence-corrected chi connectivity index (χ3v) is 3.95. The normalized spacial score (nSPS) is 24.6. The van der Waals surface area contributed by atoms with Crippen LogP contribution in [0, 0.1) is 5.92 Å². The van der Waals surface area contributed by atoms with Crippen LogP contribution >= 0.6 is 0 Å². The maximum atomic E-state index is 12.2. The quantitative estimate of drug-likeness (QED) is 0.806. The van der Waals surface area contributed by atoms with Crippen molar-refractivity contribution in [2.75, 3.05) is 6.54 Å². The average Bonchev–Trinajstić information content (AvgIpc) is 2.32. The average molecular weight is 270 g/mol. The lowest BCUT2D eigenvalue weighted by atomic mass is 9.87. The van der Waals surface area contributed by atoms with Crippen LogP contribution in [0.25, 0.3) is 0 Å². The fraction of sp³-hybridized carbons (Fsp3) is 0.857. The highest BCUT2D eigenvalue weighted by Crippen LogP contribution is 2.23. The SMILES string of the molecule is CCN(C(=O)NC1CCC(C)CC1)C(C)CC(=O)O. The molecular weight excluding hydrogens is 244 g/mol. The molecule has 1 rings (SSSR count). The van der Waals surface area contributed by atoms with Crippen molar-refractivity contribution in [2.24, 2.45) is 5.92 Å². The second-order valence-electron chi connectivity index (χ2n) is 5.64. The zero-order chi connectivity index (χ0) is 14.4. The van der Waals surface area contributed by atoms with Crippen LogP contribution in [0.1, 0.15) is 52.9 Å². The molecule has 0 radical (unpaired) electrons. The molecule has 0 bridgehead atoms. The van der Waals surface area contributed by atoms with Crippen molar-refractivity contribution < 1.29 is 14.7 Å². The van der Waals surface area contributed by atoms with Crippen LogP contribution in [-0.2, 0) is 4.79 Å². The predicted octanol–water partition coefficient (Wildman–Crippen LogP) is 2.46. The van der Waals surface area contributed by atoms with E-state index < -0.39 is 5.97 Å². The Balaban J connectivity index is 2.47. The maximum absolute atomic E-state index is 12.2. The van der Waals surface area contributed by atoms with E-state index in [1.807, 2.05) is 6.92 Å². The number of nitrogens with one attached hydrogen (secondary N) is 1. The molecule has 0 heterocycles. The molecule has 2 amide bonds. The van der Waals surface area contributed by atoms with Crippen LogP contribution in [-0.4, -0.2) is 40.6 Å². The van der Waals surface area contributed by atoms with Crippen molar-refractivity contribution in [3.05, 3.63) is 0 Å². The largest absolute Gasteiger partial charge is 0.481 e. The molecule has 0 aromatic heterocycles. The van der Waals surface area contributed by atoms with Crippen molar-refractivity contribution in [3.8, 4) is 0 Å². The van der Waals surface area contributed by atoms with E-state index in [4.69, 9.17) is 5.11 Å². The first kappa shape index (κ1) is 15.8. The molecule has 0 spiro atoms. The van der Waals surface area contributed by atoms with Gasteiger partial charge >= 0.3 is 12.0 Å². The van der Waals surface area contributed by atoms with Gasteiger partial charge in [-0.3, -0.25) is 4.79 Å². The van der Waals surface area contributed by atoms with Crippen LogP contribution in [0.4, 0.5) is 4.79 Å². The number of rotatable bonds is 5. The van der Waals surface area contributed by atoms with Crippen LogP contribution in [0.5, 0.6) is 0 Å². The van der Waals surface area contributed by atoms with E-state index in [1.54, 1.807) is 11.8 Å². The number of carbonyl (C=O) groups excluding carboxylic acids is 1. The van der Waals surface area contributed by atoms with Gasteiger partial charge in [-0.25, -0.2) is 4.79 Å². The lowest BCUT2D eigenvalue weighted by molar-refractivity contribution is -0.138. The molecule has 1 aliphatic rings. The van der Waals surface area contributed by atoms with E-state index in [2.05, 4.69) is 12.2 Å². The lowest BCUT2D eigenvalue weighted by Gasteiger charge is -2.32. The van der Waals surface area contributed by atoms with E-state index in [1.165, 1.54) is 0 Å². The summed E-state index contributed by atoms with van der Waals surface area (Å²) in [6.07, 6.45) is 4.35. The Labute approximate surface area is 115 Å². The molecule has 1 unspecified atom stereocenters. The Hall–Kier alpha value is -1.26. The van der Waals surface area contributed by atoms with E-state index in [0.29, 0.717) is 6.54 Å². The summed E-state index contributed by atoms with van der Waals surface area (Å²) in [5.74, 6) is -0.119. The van der Waals surface area contributed by atoms with Crippen LogP contribution in [0.15, 0.2) is 0 Å². The summed E-state index contributed by atoms with van der Waals surface area (Å²) in [4.78, 5) is 24.5. The monoisotopic (exact) mass is 270 g/mol. The molecule has 5 heteroatoms. The summed E-state index contributed by atoms with van der Waals surface area (Å²) in [6, 6.07) is -0.157. The number of urea groups is 1. The summed E-state index contributed by atoms with van der Waals surface area (Å²) >= 11 is 0. The van der Waals surface area contributed by atoms with Gasteiger partial charge in [0.25, 0.3) is 0 Å². The number of carboxylic acids is 1. The van der Waals surface area contributed by atoms with Gasteiger partial charge in [0, 0.05) is 18.6 Å². The van der Waals surface area contributed by atoms with Gasteiger partial charge in [-0.15, -0.1) is 0 Å². The molecule has 0 aliphatic heterocycles. The van der Waals surface area contributed by atoms with Crippen molar-refractivity contribution >= 4 is 12.0 Å². The fourth-order valence-corrected chi connectivity index (χ4v) is 2.68. The Morgan fingerprint density at radius 1 is 1.32 bits per heavy atom. The first-order valence-corrected chi connectivity index (χ1v) is 7.23. The van der Waals surface area contributed by atoms with Crippen molar-refractivity contribution in [2.45, 2.75) is 65.0 Å². The molecule has 1 fully saturated rings. The second kappa shape index (κ2) is 7.36. The van der Waals surface area contributed by atoms with Gasteiger partial charge in [-0.05, 0) is 45.4 Å². The molecular formula is C14H26N2O3. The van der Waals surface area contributed by atoms with Gasteiger partial charge in [-0.1, -0.05) is 6.92 Å². The molecule has 1 saturated carbocycles. The van der Waals surface area contributed by atoms with Crippen molar-refractivity contribution in [1.82, 2.24) is 10.2 Å². The predicted molar refractivity (Wildman–Crippen MR) is 74.0 cm³/mol. The summed E-state index contributed by atoms with van der Waals surface area (Å²) in [7, 11) is 0. The number of amides is 2. The van der Waals surface area contributed by atoms with E-state index >= 15 is 0 Å². The maximum Gasteiger partial charge on any atom is 0.317 e. The molecule has 0 saturated heterocycles. The Morgan fingerprint density at radius 3 is 2.37 bits per heavy atom. The number of aliphatic carboxylic acids is 1. The smallest absolute Gasteiger partial charge is 0.317 e. The summed E-state index contributed by atoms with van der Waals surface area (Å²) in [6.45, 7) is 6.43. The minimum Gasteiger partial charge on any atom is -0.481 e. The standard InChI is InChI=1S/C14H26N2O3/c1-4-16(11(3)9-13(17)18)14(19)15-12-7-5-10(2)6-8-12/h10-12H,4-9H2,1-3H3,(H,15,19)(H,17,18). The molecule has 0 aromatic carbocycles. The van der Waals surface area contributed by atoms with Crippen molar-refractivity contribution in [1.29, 1.82) is 0 Å². The zero-order valence-electron chi connectivity index (χ0n) is 12.2. The topological polar surface area (TPSA) is 69.6 Å². The fourth-order valence-electron chi connectivity index (χ4n) is 2.68. The minimum atomic E-state index is -0.870. The summed E-state index contributed by atoms with van der Waals surface area (Å²) in [5, 5.41) is 11.8. The highest BCUT2D eigenvalue weighted by Gasteiger charge is 2.25. The molecule has 1 aliphatic carbocycles. The summed E-state index contributed by atoms with van der Waals surface area (Å²) in [5.41, 5.74) is 0. The third-order valence-electron chi connectivity index (χ3n) is 3.95. The van der Waals surface area contributed by atoms with E-state index in [-0.39, 0.29) is 24.5 Å². The van der Waals surface area contributed by atoms with Crippen LogP contribution in [0.3, 0.4) is 0 Å². The van der Waals surface area contributed by atoms with Gasteiger partial charge in [0.2, 0.25) is 0 Å². The van der Waals surface area contributed by atoms with Crippen LogP contribution in [0.2, 0.25) is 0 Å². The Morgan fingerprint density at radius 2 is 1.89 bits per heavy atom. The van der Waals surface area contributed by atoms with E-state index in [0.717, 1.165) is 31.6 Å². The highest BCUT2D eigenvalue weighted by atomic mass is 16.4. The molecule has 5 nitrogen and oxygen atoms in total. The van der Waals surface area contributed by atoms with Gasteiger partial charge in [-0.2, -0.15) is 0 Å². The number of carboxylic acid groups (broad SMARTS) is 1. The Bertz CT molecular complexity index is 312. The van der Waals surface area contributed by atoms with Gasteiger partial charge in [0.15, 0.2) is 0 Å². The zero-order valence-corrected chi connectivity index (χ0v) is 12.2. The Kier molecular flexibility index (Phi) is 6.12. The van der Waals surface area contributed by atoms with Gasteiger partial charge in [0.1, 0.15) is 0 Å². The molecule has 2 N–H and O–H groups in total. The molecule has 19 heavy (non-hydrogen) atoms. The third kappa shape index (κ3) is 5.09. The number of hydrogen-bond donors (Lipinski definition) is 2. The first-order valence-electron chi connectivity index (χ1n) is 7.23. The second-order valence-corrected chi connectivity index (χ2v) is 5.64. The number of hydrogen-bond acceptors (Lipinski definition) is 2. The van der Waals surface area contributed by atoms with E-state index in [9.17, 15) is 9.59 Å². The molecule has 1 atom stereocenters. The number of carbonyl (C=O) groups is 2. The van der Waals surface area contributed by atoms with Gasteiger partial charge in [0.05, 0.1) is 6.42 Å². The summed E-state index contributed by atoms with van der Waals surface area (Å²) < 4.78 is 0.